The van der Waals surface area contributed by atoms with Gasteiger partial charge in [0.25, 0.3) is 11.8 Å². The molecule has 2 aliphatic rings. The van der Waals surface area contributed by atoms with Gasteiger partial charge in [-0.05, 0) is 137 Å². The normalized spacial score (nSPS) is 14.6. The maximum Gasteiger partial charge on any atom is 0.409 e. The molecular formula is C116H125F10N15O8. The highest BCUT2D eigenvalue weighted by Gasteiger charge is 2.45. The second-order valence-corrected chi connectivity index (χ2v) is 36.8. The van der Waals surface area contributed by atoms with Crippen molar-refractivity contribution < 1.29 is 84.0 Å². The van der Waals surface area contributed by atoms with Crippen molar-refractivity contribution in [3.05, 3.63) is 420 Å². The number of benzene rings is 12. The lowest BCUT2D eigenvalue weighted by Crippen LogP contribution is -2.64. The number of nitrogens with zero attached hydrogens (tertiary/aromatic N) is 12. The van der Waals surface area contributed by atoms with Crippen molar-refractivity contribution in [1.29, 1.82) is 0 Å². The van der Waals surface area contributed by atoms with Gasteiger partial charge in [-0.2, -0.15) is 26.3 Å². The molecule has 0 radical (unpaired) electrons. The molecule has 0 saturated carbocycles. The van der Waals surface area contributed by atoms with E-state index in [4.69, 9.17) is 26.7 Å². The highest BCUT2D eigenvalue weighted by Crippen LogP contribution is 2.41. The van der Waals surface area contributed by atoms with E-state index in [2.05, 4.69) is 63.1 Å². The average molecular weight is 2050 g/mol. The van der Waals surface area contributed by atoms with Gasteiger partial charge in [0.1, 0.15) is 46.6 Å². The van der Waals surface area contributed by atoms with E-state index < -0.39 is 54.3 Å². The molecule has 33 heteroatoms. The molecule has 0 spiro atoms. The van der Waals surface area contributed by atoms with Gasteiger partial charge in [0.15, 0.2) is 0 Å². The lowest BCUT2D eigenvalue weighted by Gasteiger charge is -2.47. The first kappa shape index (κ1) is 111. The summed E-state index contributed by atoms with van der Waals surface area (Å²) in [6, 6.07) is 93.4. The first-order valence-corrected chi connectivity index (χ1v) is 48.8. The third-order valence-corrected chi connectivity index (χ3v) is 25.6. The zero-order chi connectivity index (χ0) is 106. The molecule has 23 nitrogen and oxygen atoms in total. The van der Waals surface area contributed by atoms with Crippen LogP contribution in [0.1, 0.15) is 107 Å². The third-order valence-electron chi connectivity index (χ3n) is 25.6. The molecule has 16 aromatic rings. The predicted octanol–water partition coefficient (Wildman–Crippen LogP) is 22.4. The molecule has 6 heterocycles. The summed E-state index contributed by atoms with van der Waals surface area (Å²) in [4.78, 5) is 25.8. The lowest BCUT2D eigenvalue weighted by atomic mass is 9.97. The number of aromatic nitrogens is 8. The summed E-state index contributed by atoms with van der Waals surface area (Å²) in [5.74, 6) is -6.50. The highest BCUT2D eigenvalue weighted by molar-refractivity contribution is 5.64. The Morgan fingerprint density at radius 3 is 1.11 bits per heavy atom. The second-order valence-electron chi connectivity index (χ2n) is 36.8. The van der Waals surface area contributed by atoms with Gasteiger partial charge in [-0.3, -0.25) is 0 Å². The number of imidazole rings is 4. The van der Waals surface area contributed by atoms with Crippen LogP contribution in [-0.4, -0.2) is 178 Å². The second kappa shape index (κ2) is 52.3. The van der Waals surface area contributed by atoms with Crippen molar-refractivity contribution in [1.82, 2.24) is 38.2 Å². The Labute approximate surface area is 860 Å². The lowest BCUT2D eigenvalue weighted by molar-refractivity contribution is -0.172. The summed E-state index contributed by atoms with van der Waals surface area (Å²) in [5, 5.41) is 58.0. The molecule has 2 aliphatic heterocycles. The Morgan fingerprint density at radius 2 is 0.685 bits per heavy atom. The maximum absolute atomic E-state index is 14.0. The minimum atomic E-state index is -4.60. The fraction of sp³-hybridized carbons (Fsp3) is 0.276. The van der Waals surface area contributed by atoms with Crippen molar-refractivity contribution in [2.45, 2.75) is 133 Å². The number of phenolic OH excluding ortho intramolecular Hbond substituents is 6. The van der Waals surface area contributed by atoms with Gasteiger partial charge in [-0.1, -0.05) is 225 Å². The van der Waals surface area contributed by atoms with E-state index in [1.807, 2.05) is 192 Å². The van der Waals surface area contributed by atoms with E-state index in [1.54, 1.807) is 140 Å². The molecule has 2 fully saturated rings. The van der Waals surface area contributed by atoms with E-state index in [0.717, 1.165) is 102 Å². The monoisotopic (exact) mass is 2050 g/mol. The summed E-state index contributed by atoms with van der Waals surface area (Å²) < 4.78 is 153. The van der Waals surface area contributed by atoms with Crippen molar-refractivity contribution in [3.8, 4) is 57.0 Å². The number of methoxy groups -OCH3 is 2. The molecule has 6 atom stereocenters. The summed E-state index contributed by atoms with van der Waals surface area (Å²) in [7, 11) is 3.42. The number of nitrogens with two attached hydrogens (primary N) is 3. The van der Waals surface area contributed by atoms with Gasteiger partial charge >= 0.3 is 12.4 Å². The van der Waals surface area contributed by atoms with Crippen LogP contribution in [0, 0.1) is 5.92 Å². The van der Waals surface area contributed by atoms with Gasteiger partial charge < -0.3 is 95.2 Å². The number of rotatable bonds is 31. The van der Waals surface area contributed by atoms with Gasteiger partial charge in [0.2, 0.25) is 0 Å². The van der Waals surface area contributed by atoms with E-state index in [1.165, 1.54) is 47.5 Å². The molecule has 0 aliphatic carbocycles. The van der Waals surface area contributed by atoms with Crippen LogP contribution >= 0.6 is 0 Å². The molecule has 12 aromatic carbocycles. The van der Waals surface area contributed by atoms with Crippen LogP contribution in [0.15, 0.2) is 353 Å². The molecule has 12 N–H and O–H groups in total. The van der Waals surface area contributed by atoms with E-state index in [-0.39, 0.29) is 64.9 Å². The number of anilines is 4. The van der Waals surface area contributed by atoms with Crippen LogP contribution in [-0.2, 0) is 61.3 Å². The van der Waals surface area contributed by atoms with Crippen LogP contribution < -0.4 is 36.8 Å². The Balaban J connectivity index is 0.000000149. The zero-order valence-corrected chi connectivity index (χ0v) is 83.3. The number of phenols is 6. The Kier molecular flexibility index (Phi) is 38.9. The molecule has 4 aromatic heterocycles. The van der Waals surface area contributed by atoms with Crippen molar-refractivity contribution in [2.24, 2.45) is 23.1 Å². The van der Waals surface area contributed by atoms with Gasteiger partial charge in [0.05, 0.1) is 90.7 Å². The number of alkyl halides is 10. The van der Waals surface area contributed by atoms with Crippen LogP contribution in [0.3, 0.4) is 0 Å². The number of aromatic hydroxyl groups is 6. The molecule has 2 saturated heterocycles. The number of ether oxygens (including phenoxy) is 2. The molecule has 0 bridgehead atoms. The predicted molar refractivity (Wildman–Crippen MR) is 563 cm³/mol. The smallest absolute Gasteiger partial charge is 0.409 e. The molecule has 6 unspecified atom stereocenters. The third kappa shape index (κ3) is 31.8. The molecule has 18 rings (SSSR count). The maximum atomic E-state index is 14.0. The average Bonchev–Trinajstić information content (AvgIpc) is 1.77. The number of hydrogen-bond acceptors (Lipinski definition) is 19. The van der Waals surface area contributed by atoms with Crippen molar-refractivity contribution in [2.75, 3.05) is 86.3 Å². The first-order chi connectivity index (χ1) is 71.4. The Hall–Kier alpha value is -15.4. The van der Waals surface area contributed by atoms with E-state index in [9.17, 15) is 74.5 Å². The minimum Gasteiger partial charge on any atom is -0.508 e. The minimum absolute atomic E-state index is 0.0164. The van der Waals surface area contributed by atoms with Crippen LogP contribution in [0.2, 0.25) is 0 Å². The first-order valence-electron chi connectivity index (χ1n) is 48.8. The molecular weight excluding hydrogens is 1920 g/mol. The molecule has 0 amide bonds. The highest BCUT2D eigenvalue weighted by atomic mass is 19.4. The van der Waals surface area contributed by atoms with E-state index >= 15 is 0 Å². The van der Waals surface area contributed by atoms with Crippen molar-refractivity contribution >= 4 is 22.7 Å². The van der Waals surface area contributed by atoms with E-state index in [0.29, 0.717) is 100 Å². The van der Waals surface area contributed by atoms with Crippen LogP contribution in [0.5, 0.6) is 34.5 Å². The largest absolute Gasteiger partial charge is 0.508 e. The number of piperazine rings is 2. The fourth-order valence-corrected chi connectivity index (χ4v) is 18.0. The van der Waals surface area contributed by atoms with Gasteiger partial charge in [0, 0.05) is 183 Å². The molecule has 149 heavy (non-hydrogen) atoms. The van der Waals surface area contributed by atoms with Crippen LogP contribution in [0.4, 0.5) is 66.7 Å². The summed E-state index contributed by atoms with van der Waals surface area (Å²) >= 11 is 0. The van der Waals surface area contributed by atoms with Crippen molar-refractivity contribution in [3.63, 3.8) is 0 Å². The summed E-state index contributed by atoms with van der Waals surface area (Å²) in [6.07, 6.45) is 0.667. The molecule has 782 valence electrons. The summed E-state index contributed by atoms with van der Waals surface area (Å²) in [6.45, 7) is 9.47. The Bertz CT molecular complexity index is 6800. The summed E-state index contributed by atoms with van der Waals surface area (Å²) in [5.41, 5.74) is 33.6. The fourth-order valence-electron chi connectivity index (χ4n) is 18.0. The SMILES string of the molecule is CC(CC1CN(c2ccccc2)CCN1c1cccc(O)c1)C(F)(F)F.CC(F)(F)C(N)C1CN(c2ccccc2)CCN1c1cccc(O)c1.CC(F)(F)C(N)c1c(Cc2ccccc2)ncn1Cc1cccc(O)c1.COCCc1c(-c2ccccc2)ncn1Cc1cccc(O)c1.COCCc1c(Cc2ccccc2)ncn1Cc1cccc(O)c1.NC(c1c(-c2ccccc2)ncn1Cc1cccc(O)c1)C(F)(F)F. The number of halogens is 10. The standard InChI is InChI=1S/C20H23F3N2O.C20H21F2N3O.C20H22N2O2.C19H23F2N3O.C19H20N2O2.C18H16F3N3O/c1-15(20(21,22)23)12-18-14-24(16-6-3-2-4-7-16)10-11-25(18)17-8-5-9-19(26)13-17;1-20(21,22)19(23)18-17(11-14-6-3-2-4-7-14)24-13-25(18)12-15-8-5-9-16(26)10-15;1-24-11-10-20-19(13-16-6-3-2-4-7-16)21-15-22(20)14-17-8-5-9-18(23)12-17;1-19(20,21)18(22)17-13-23(14-6-3-2-4-7-14)10-11-24(17)15-8-5-9-16(25)12-15;1-23-11-10-18-19(16-7-3-2-4-8-16)20-14-21(18)13-15-6-5-9-17(22)12-15;19-18(20,21)17(22)16-15(13-6-2-1-3-7-13)23-11-24(16)10-12-5-4-8-14(25)9-12/h2-9,13,15,18,26H,10-12,14H2,1H3;2-10,13,19,26H,11-12,23H2,1H3;2-9,12,15,23H,10-11,13-14H2,1H3;2-9,12,17-18,25H,10-11,13,22H2,1H3;2-9,12,14,22H,10-11,13H2,1H3;1-9,11,17,25H,10,22H2. The number of hydrogen-bond donors (Lipinski definition) is 9. The number of para-hydroxylation sites is 2. The van der Waals surface area contributed by atoms with Crippen LogP contribution in [0.25, 0.3) is 22.5 Å². The topological polar surface area (TPSA) is 302 Å². The van der Waals surface area contributed by atoms with Gasteiger partial charge in [-0.25, -0.2) is 37.5 Å². The Morgan fingerprint density at radius 1 is 0.342 bits per heavy atom. The van der Waals surface area contributed by atoms with Gasteiger partial charge in [-0.15, -0.1) is 0 Å². The zero-order valence-electron chi connectivity index (χ0n) is 83.3. The quantitative estimate of drug-likeness (QED) is 0.0182.